The Labute approximate surface area is 148 Å². The standard InChI is InChI=1S/C17H17BrN2O4/c1-22-15-6-11(7-16(23-2)17(15)24-3)9-19-20-10-12-8-13(18)4-5-14(12)21/h4-10,21H,1-3H3/b19-9?,20-10+. The van der Waals surface area contributed by atoms with Crippen LogP contribution in [-0.2, 0) is 0 Å². The first-order chi connectivity index (χ1) is 11.6. The van der Waals surface area contributed by atoms with Gasteiger partial charge in [0, 0.05) is 15.6 Å². The van der Waals surface area contributed by atoms with Gasteiger partial charge in [0.15, 0.2) is 11.5 Å². The Morgan fingerprint density at radius 2 is 1.54 bits per heavy atom. The first-order valence-corrected chi connectivity index (χ1v) is 7.73. The molecule has 0 aliphatic carbocycles. The SMILES string of the molecule is COc1cc(C=N/N=C/c2cc(Br)ccc2O)cc(OC)c1OC. The van der Waals surface area contributed by atoms with Gasteiger partial charge in [0.25, 0.3) is 0 Å². The molecular weight excluding hydrogens is 376 g/mol. The van der Waals surface area contributed by atoms with E-state index in [1.165, 1.54) is 6.21 Å². The molecule has 0 spiro atoms. The predicted octanol–water partition coefficient (Wildman–Crippen LogP) is 3.63. The van der Waals surface area contributed by atoms with Crippen molar-refractivity contribution in [3.63, 3.8) is 0 Å². The molecule has 0 bridgehead atoms. The van der Waals surface area contributed by atoms with Crippen LogP contribution in [-0.4, -0.2) is 38.9 Å². The van der Waals surface area contributed by atoms with Crippen molar-refractivity contribution in [3.8, 4) is 23.0 Å². The van der Waals surface area contributed by atoms with Gasteiger partial charge in [-0.2, -0.15) is 10.2 Å². The molecule has 0 unspecified atom stereocenters. The van der Waals surface area contributed by atoms with Crippen molar-refractivity contribution in [2.75, 3.05) is 21.3 Å². The number of phenols is 1. The van der Waals surface area contributed by atoms with Crippen molar-refractivity contribution < 1.29 is 19.3 Å². The molecule has 0 aliphatic heterocycles. The Kier molecular flexibility index (Phi) is 6.20. The van der Waals surface area contributed by atoms with Gasteiger partial charge in [-0.3, -0.25) is 0 Å². The molecule has 0 saturated carbocycles. The molecular formula is C17H17BrN2O4. The highest BCUT2D eigenvalue weighted by molar-refractivity contribution is 9.10. The Bertz CT molecular complexity index is 750. The molecule has 6 nitrogen and oxygen atoms in total. The van der Waals surface area contributed by atoms with Crippen LogP contribution in [0.4, 0.5) is 0 Å². The smallest absolute Gasteiger partial charge is 0.203 e. The van der Waals surface area contributed by atoms with Crippen molar-refractivity contribution in [2.24, 2.45) is 10.2 Å². The fraction of sp³-hybridized carbons (Fsp3) is 0.176. The van der Waals surface area contributed by atoms with Crippen molar-refractivity contribution in [3.05, 3.63) is 45.9 Å². The number of benzene rings is 2. The first-order valence-electron chi connectivity index (χ1n) is 6.94. The van der Waals surface area contributed by atoms with Gasteiger partial charge in [-0.1, -0.05) is 15.9 Å². The summed E-state index contributed by atoms with van der Waals surface area (Å²) in [5.74, 6) is 1.71. The fourth-order valence-electron chi connectivity index (χ4n) is 2.00. The van der Waals surface area contributed by atoms with E-state index in [4.69, 9.17) is 14.2 Å². The second-order valence-corrected chi connectivity index (χ2v) is 5.57. The summed E-state index contributed by atoms with van der Waals surface area (Å²) in [6, 6.07) is 8.59. The number of methoxy groups -OCH3 is 3. The summed E-state index contributed by atoms with van der Waals surface area (Å²) in [6.07, 6.45) is 3.02. The molecule has 0 atom stereocenters. The largest absolute Gasteiger partial charge is 0.507 e. The zero-order valence-electron chi connectivity index (χ0n) is 13.5. The van der Waals surface area contributed by atoms with Crippen LogP contribution in [0.3, 0.4) is 0 Å². The fourth-order valence-corrected chi connectivity index (χ4v) is 2.38. The maximum atomic E-state index is 9.73. The van der Waals surface area contributed by atoms with Crippen LogP contribution in [0.25, 0.3) is 0 Å². The van der Waals surface area contributed by atoms with E-state index in [0.29, 0.717) is 22.8 Å². The molecule has 126 valence electrons. The highest BCUT2D eigenvalue weighted by atomic mass is 79.9. The third-order valence-corrected chi connectivity index (χ3v) is 3.64. The van der Waals surface area contributed by atoms with Gasteiger partial charge in [0.2, 0.25) is 5.75 Å². The van der Waals surface area contributed by atoms with Crippen molar-refractivity contribution in [1.29, 1.82) is 0 Å². The van der Waals surface area contributed by atoms with Gasteiger partial charge in [0.1, 0.15) is 5.75 Å². The topological polar surface area (TPSA) is 72.6 Å². The van der Waals surface area contributed by atoms with Crippen LogP contribution >= 0.6 is 15.9 Å². The van der Waals surface area contributed by atoms with E-state index in [2.05, 4.69) is 26.1 Å². The van der Waals surface area contributed by atoms with Crippen molar-refractivity contribution in [2.45, 2.75) is 0 Å². The summed E-state index contributed by atoms with van der Waals surface area (Å²) in [5.41, 5.74) is 1.30. The average Bonchev–Trinajstić information content (AvgIpc) is 2.60. The van der Waals surface area contributed by atoms with E-state index < -0.39 is 0 Å². The van der Waals surface area contributed by atoms with Gasteiger partial charge in [-0.05, 0) is 30.3 Å². The number of hydrogen-bond donors (Lipinski definition) is 1. The Balaban J connectivity index is 2.22. The van der Waals surface area contributed by atoms with Gasteiger partial charge < -0.3 is 19.3 Å². The Morgan fingerprint density at radius 1 is 0.917 bits per heavy atom. The van der Waals surface area contributed by atoms with E-state index in [1.54, 1.807) is 57.9 Å². The van der Waals surface area contributed by atoms with E-state index in [-0.39, 0.29) is 5.75 Å². The molecule has 0 radical (unpaired) electrons. The van der Waals surface area contributed by atoms with Gasteiger partial charge in [-0.15, -0.1) is 0 Å². The lowest BCUT2D eigenvalue weighted by Crippen LogP contribution is -1.96. The number of ether oxygens (including phenoxy) is 3. The van der Waals surface area contributed by atoms with Gasteiger partial charge in [-0.25, -0.2) is 0 Å². The molecule has 2 aromatic rings. The van der Waals surface area contributed by atoms with E-state index >= 15 is 0 Å². The number of nitrogens with zero attached hydrogens (tertiary/aromatic N) is 2. The van der Waals surface area contributed by atoms with Gasteiger partial charge >= 0.3 is 0 Å². The van der Waals surface area contributed by atoms with E-state index in [0.717, 1.165) is 10.0 Å². The molecule has 1 N–H and O–H groups in total. The van der Waals surface area contributed by atoms with Crippen LogP contribution < -0.4 is 14.2 Å². The van der Waals surface area contributed by atoms with Crippen LogP contribution in [0.5, 0.6) is 23.0 Å². The van der Waals surface area contributed by atoms with E-state index in [1.807, 2.05) is 0 Å². The molecule has 0 heterocycles. The van der Waals surface area contributed by atoms with E-state index in [9.17, 15) is 5.11 Å². The molecule has 0 amide bonds. The minimum Gasteiger partial charge on any atom is -0.507 e. The normalized spacial score (nSPS) is 11.2. The maximum Gasteiger partial charge on any atom is 0.203 e. The zero-order valence-corrected chi connectivity index (χ0v) is 15.1. The summed E-state index contributed by atoms with van der Waals surface area (Å²) >= 11 is 3.34. The number of halogens is 1. The first kappa shape index (κ1) is 17.8. The average molecular weight is 393 g/mol. The molecule has 7 heteroatoms. The molecule has 24 heavy (non-hydrogen) atoms. The number of rotatable bonds is 6. The highest BCUT2D eigenvalue weighted by Crippen LogP contribution is 2.37. The molecule has 2 aromatic carbocycles. The van der Waals surface area contributed by atoms with Crippen LogP contribution in [0.1, 0.15) is 11.1 Å². The lowest BCUT2D eigenvalue weighted by Gasteiger charge is -2.12. The minimum absolute atomic E-state index is 0.130. The minimum atomic E-state index is 0.130. The molecule has 0 aromatic heterocycles. The summed E-state index contributed by atoms with van der Waals surface area (Å²) in [6.45, 7) is 0. The number of phenolic OH excluding ortho intramolecular Hbond substituents is 1. The molecule has 2 rings (SSSR count). The van der Waals surface area contributed by atoms with Gasteiger partial charge in [0.05, 0.1) is 33.8 Å². The Hall–Kier alpha value is -2.54. The zero-order chi connectivity index (χ0) is 17.5. The number of aromatic hydroxyl groups is 1. The Morgan fingerprint density at radius 3 is 2.12 bits per heavy atom. The second kappa shape index (κ2) is 8.35. The van der Waals surface area contributed by atoms with Crippen molar-refractivity contribution in [1.82, 2.24) is 0 Å². The molecule has 0 fully saturated rings. The predicted molar refractivity (Wildman–Crippen MR) is 97.1 cm³/mol. The number of hydrogen-bond acceptors (Lipinski definition) is 6. The van der Waals surface area contributed by atoms with Crippen LogP contribution in [0.15, 0.2) is 45.0 Å². The lowest BCUT2D eigenvalue weighted by atomic mass is 10.2. The summed E-state index contributed by atoms with van der Waals surface area (Å²) < 4.78 is 16.7. The summed E-state index contributed by atoms with van der Waals surface area (Å²) in [7, 11) is 4.64. The summed E-state index contributed by atoms with van der Waals surface area (Å²) in [4.78, 5) is 0. The maximum absolute atomic E-state index is 9.73. The van der Waals surface area contributed by atoms with Crippen molar-refractivity contribution >= 4 is 28.4 Å². The lowest BCUT2D eigenvalue weighted by molar-refractivity contribution is 0.324. The quantitative estimate of drug-likeness (QED) is 0.601. The molecule has 0 saturated heterocycles. The van der Waals surface area contributed by atoms with Crippen LogP contribution in [0, 0.1) is 0 Å². The third kappa shape index (κ3) is 4.26. The highest BCUT2D eigenvalue weighted by Gasteiger charge is 2.12. The second-order valence-electron chi connectivity index (χ2n) is 4.65. The van der Waals surface area contributed by atoms with Crippen LogP contribution in [0.2, 0.25) is 0 Å². The molecule has 0 aliphatic rings. The third-order valence-electron chi connectivity index (χ3n) is 3.15. The summed E-state index contributed by atoms with van der Waals surface area (Å²) in [5, 5.41) is 17.7. The monoisotopic (exact) mass is 392 g/mol.